The van der Waals surface area contributed by atoms with Gasteiger partial charge in [0.25, 0.3) is 5.91 Å². The average Bonchev–Trinajstić information content (AvgIpc) is 2.54. The standard InChI is InChI=1S/C18H20N2O3/c1-13-7-8-15(12-19-13)18(23)20-16(9-10-17(21)22)11-14-5-3-2-4-6-14/h2-8,12,16H,9-11H2,1H3,(H,20,23)(H,21,22). The van der Waals surface area contributed by atoms with Gasteiger partial charge in [0, 0.05) is 24.4 Å². The molecule has 1 atom stereocenters. The first-order chi connectivity index (χ1) is 11.0. The maximum atomic E-state index is 12.3. The van der Waals surface area contributed by atoms with Crippen LogP contribution in [0.2, 0.25) is 0 Å². The van der Waals surface area contributed by atoms with Crippen molar-refractivity contribution in [3.63, 3.8) is 0 Å². The monoisotopic (exact) mass is 312 g/mol. The number of nitrogens with one attached hydrogen (secondary N) is 1. The molecule has 1 aromatic carbocycles. The van der Waals surface area contributed by atoms with Gasteiger partial charge in [-0.2, -0.15) is 0 Å². The molecule has 0 saturated heterocycles. The molecule has 2 N–H and O–H groups in total. The number of carboxylic acids is 1. The molecule has 0 aliphatic carbocycles. The first kappa shape index (κ1) is 16.7. The summed E-state index contributed by atoms with van der Waals surface area (Å²) in [5, 5.41) is 11.8. The number of carbonyl (C=O) groups is 2. The summed E-state index contributed by atoms with van der Waals surface area (Å²) in [5.74, 6) is -1.10. The van der Waals surface area contributed by atoms with E-state index in [4.69, 9.17) is 5.11 Å². The highest BCUT2D eigenvalue weighted by molar-refractivity contribution is 5.94. The Morgan fingerprint density at radius 2 is 1.91 bits per heavy atom. The molecule has 2 aromatic rings. The van der Waals surface area contributed by atoms with Crippen LogP contribution in [-0.4, -0.2) is 28.0 Å². The first-order valence-corrected chi connectivity index (χ1v) is 7.54. The molecule has 5 heteroatoms. The number of pyridine rings is 1. The van der Waals surface area contributed by atoms with Gasteiger partial charge in [-0.3, -0.25) is 14.6 Å². The topological polar surface area (TPSA) is 79.3 Å². The number of hydrogen-bond donors (Lipinski definition) is 2. The number of hydrogen-bond acceptors (Lipinski definition) is 3. The van der Waals surface area contributed by atoms with Crippen molar-refractivity contribution >= 4 is 11.9 Å². The molecule has 1 amide bonds. The lowest BCUT2D eigenvalue weighted by Crippen LogP contribution is -2.37. The van der Waals surface area contributed by atoms with Crippen LogP contribution in [0.15, 0.2) is 48.7 Å². The van der Waals surface area contributed by atoms with Crippen LogP contribution >= 0.6 is 0 Å². The fourth-order valence-electron chi connectivity index (χ4n) is 2.29. The molecular formula is C18H20N2O3. The maximum Gasteiger partial charge on any atom is 0.303 e. The zero-order valence-corrected chi connectivity index (χ0v) is 13.0. The zero-order chi connectivity index (χ0) is 16.7. The Morgan fingerprint density at radius 3 is 2.52 bits per heavy atom. The van der Waals surface area contributed by atoms with Crippen LogP contribution in [0.4, 0.5) is 0 Å². The molecule has 5 nitrogen and oxygen atoms in total. The van der Waals surface area contributed by atoms with Gasteiger partial charge >= 0.3 is 5.97 Å². The van der Waals surface area contributed by atoms with Gasteiger partial charge in [0.15, 0.2) is 0 Å². The fourth-order valence-corrected chi connectivity index (χ4v) is 2.29. The van der Waals surface area contributed by atoms with E-state index in [1.807, 2.05) is 37.3 Å². The molecule has 0 aliphatic rings. The number of nitrogens with zero attached hydrogens (tertiary/aromatic N) is 1. The van der Waals surface area contributed by atoms with Gasteiger partial charge in [-0.25, -0.2) is 0 Å². The summed E-state index contributed by atoms with van der Waals surface area (Å²) >= 11 is 0. The van der Waals surface area contributed by atoms with Crippen molar-refractivity contribution in [1.82, 2.24) is 10.3 Å². The van der Waals surface area contributed by atoms with Crippen LogP contribution in [0.3, 0.4) is 0 Å². The van der Waals surface area contributed by atoms with Crippen molar-refractivity contribution in [1.29, 1.82) is 0 Å². The highest BCUT2D eigenvalue weighted by Gasteiger charge is 2.16. The van der Waals surface area contributed by atoms with Crippen LogP contribution < -0.4 is 5.32 Å². The second-order valence-electron chi connectivity index (χ2n) is 5.48. The third-order valence-electron chi connectivity index (χ3n) is 3.54. The van der Waals surface area contributed by atoms with Gasteiger partial charge in [-0.15, -0.1) is 0 Å². The summed E-state index contributed by atoms with van der Waals surface area (Å²) in [4.78, 5) is 27.2. The Labute approximate surface area is 135 Å². The number of aromatic nitrogens is 1. The summed E-state index contributed by atoms with van der Waals surface area (Å²) in [6.07, 6.45) is 2.53. The zero-order valence-electron chi connectivity index (χ0n) is 13.0. The normalized spacial score (nSPS) is 11.7. The Bertz CT molecular complexity index is 654. The number of aryl methyl sites for hydroxylation is 1. The Kier molecular flexibility index (Phi) is 5.86. The maximum absolute atomic E-state index is 12.3. The molecular weight excluding hydrogens is 292 g/mol. The van der Waals surface area contributed by atoms with Crippen molar-refractivity contribution in [3.8, 4) is 0 Å². The van der Waals surface area contributed by atoms with E-state index < -0.39 is 5.97 Å². The SMILES string of the molecule is Cc1ccc(C(=O)NC(CCC(=O)O)Cc2ccccc2)cn1. The highest BCUT2D eigenvalue weighted by Crippen LogP contribution is 2.09. The molecule has 0 radical (unpaired) electrons. The summed E-state index contributed by atoms with van der Waals surface area (Å²) in [5.41, 5.74) is 2.38. The molecule has 0 bridgehead atoms. The van der Waals surface area contributed by atoms with E-state index in [9.17, 15) is 9.59 Å². The van der Waals surface area contributed by atoms with Gasteiger partial charge in [0.05, 0.1) is 5.56 Å². The number of carbonyl (C=O) groups excluding carboxylic acids is 1. The second-order valence-corrected chi connectivity index (χ2v) is 5.48. The average molecular weight is 312 g/mol. The molecule has 1 aromatic heterocycles. The van der Waals surface area contributed by atoms with E-state index in [0.29, 0.717) is 18.4 Å². The van der Waals surface area contributed by atoms with Crippen LogP contribution in [0.25, 0.3) is 0 Å². The summed E-state index contributed by atoms with van der Waals surface area (Å²) in [6.45, 7) is 1.85. The smallest absolute Gasteiger partial charge is 0.303 e. The van der Waals surface area contributed by atoms with E-state index >= 15 is 0 Å². The summed E-state index contributed by atoms with van der Waals surface area (Å²) < 4.78 is 0. The van der Waals surface area contributed by atoms with Crippen molar-refractivity contribution in [2.24, 2.45) is 0 Å². The van der Waals surface area contributed by atoms with Gasteiger partial charge in [-0.1, -0.05) is 30.3 Å². The summed E-state index contributed by atoms with van der Waals surface area (Å²) in [6, 6.07) is 13.0. The minimum atomic E-state index is -0.866. The van der Waals surface area contributed by atoms with Gasteiger partial charge in [0.2, 0.25) is 0 Å². The lowest BCUT2D eigenvalue weighted by molar-refractivity contribution is -0.137. The third kappa shape index (κ3) is 5.54. The number of amides is 1. The highest BCUT2D eigenvalue weighted by atomic mass is 16.4. The molecule has 0 spiro atoms. The number of aliphatic carboxylic acids is 1. The predicted molar refractivity (Wildman–Crippen MR) is 87.2 cm³/mol. The third-order valence-corrected chi connectivity index (χ3v) is 3.54. The second kappa shape index (κ2) is 8.08. The molecule has 0 aliphatic heterocycles. The number of rotatable bonds is 7. The summed E-state index contributed by atoms with van der Waals surface area (Å²) in [7, 11) is 0. The lowest BCUT2D eigenvalue weighted by atomic mass is 10.0. The van der Waals surface area contributed by atoms with E-state index in [2.05, 4.69) is 10.3 Å². The predicted octanol–water partition coefficient (Wildman–Crippen LogP) is 2.60. The van der Waals surface area contributed by atoms with Gasteiger partial charge in [-0.05, 0) is 37.5 Å². The number of benzene rings is 1. The van der Waals surface area contributed by atoms with Crippen LogP contribution in [0.1, 0.15) is 34.5 Å². The molecule has 1 heterocycles. The van der Waals surface area contributed by atoms with Crippen molar-refractivity contribution in [2.45, 2.75) is 32.2 Å². The van der Waals surface area contributed by atoms with E-state index in [1.54, 1.807) is 12.1 Å². The van der Waals surface area contributed by atoms with Crippen LogP contribution in [0.5, 0.6) is 0 Å². The quantitative estimate of drug-likeness (QED) is 0.823. The van der Waals surface area contributed by atoms with Crippen molar-refractivity contribution < 1.29 is 14.7 Å². The Balaban J connectivity index is 2.05. The molecule has 0 saturated carbocycles. The van der Waals surface area contributed by atoms with Crippen LogP contribution in [-0.2, 0) is 11.2 Å². The molecule has 23 heavy (non-hydrogen) atoms. The van der Waals surface area contributed by atoms with E-state index in [0.717, 1.165) is 11.3 Å². The number of carboxylic acid groups (broad SMARTS) is 1. The van der Waals surface area contributed by atoms with E-state index in [1.165, 1.54) is 6.20 Å². The molecule has 120 valence electrons. The van der Waals surface area contributed by atoms with Crippen molar-refractivity contribution in [3.05, 3.63) is 65.5 Å². The Morgan fingerprint density at radius 1 is 1.17 bits per heavy atom. The fraction of sp³-hybridized carbons (Fsp3) is 0.278. The molecule has 1 unspecified atom stereocenters. The molecule has 0 fully saturated rings. The largest absolute Gasteiger partial charge is 0.481 e. The first-order valence-electron chi connectivity index (χ1n) is 7.54. The minimum Gasteiger partial charge on any atom is -0.481 e. The van der Waals surface area contributed by atoms with Crippen molar-refractivity contribution in [2.75, 3.05) is 0 Å². The minimum absolute atomic E-state index is 0.0178. The van der Waals surface area contributed by atoms with Gasteiger partial charge < -0.3 is 10.4 Å². The van der Waals surface area contributed by atoms with E-state index in [-0.39, 0.29) is 18.4 Å². The molecule has 2 rings (SSSR count). The lowest BCUT2D eigenvalue weighted by Gasteiger charge is -2.18. The van der Waals surface area contributed by atoms with Crippen LogP contribution in [0, 0.1) is 6.92 Å². The Hall–Kier alpha value is -2.69. The van der Waals surface area contributed by atoms with Gasteiger partial charge in [0.1, 0.15) is 0 Å².